The third-order valence-electron chi connectivity index (χ3n) is 3.23. The molecule has 0 bridgehead atoms. The van der Waals surface area contributed by atoms with Crippen LogP contribution in [-0.2, 0) is 6.42 Å². The Balaban J connectivity index is 2.13. The maximum atomic E-state index is 3.60. The molecule has 0 radical (unpaired) electrons. The van der Waals surface area contributed by atoms with Gasteiger partial charge >= 0.3 is 0 Å². The zero-order valence-corrected chi connectivity index (χ0v) is 13.1. The number of rotatable bonds is 5. The second-order valence-corrected chi connectivity index (χ2v) is 5.69. The van der Waals surface area contributed by atoms with Gasteiger partial charge in [0, 0.05) is 10.5 Å². The molecule has 2 rings (SSSR count). The number of hydrogen-bond acceptors (Lipinski definition) is 1. The summed E-state index contributed by atoms with van der Waals surface area (Å²) in [7, 11) is 0. The monoisotopic (exact) mass is 317 g/mol. The van der Waals surface area contributed by atoms with Crippen LogP contribution in [0, 0.1) is 0 Å². The fourth-order valence-corrected chi connectivity index (χ4v) is 2.80. The topological polar surface area (TPSA) is 12.0 Å². The molecule has 0 aliphatic carbocycles. The maximum absolute atomic E-state index is 3.60. The van der Waals surface area contributed by atoms with E-state index < -0.39 is 0 Å². The second kappa shape index (κ2) is 6.88. The predicted octanol–water partition coefficient (Wildman–Crippen LogP) is 4.66. The number of likely N-dealkylation sites (N-methyl/N-ethyl adjacent to an activating group) is 1. The lowest BCUT2D eigenvalue weighted by atomic mass is 10.0. The first-order chi connectivity index (χ1) is 9.20. The molecule has 0 fully saturated rings. The molecule has 0 heterocycles. The van der Waals surface area contributed by atoms with Gasteiger partial charge in [0.05, 0.1) is 0 Å². The molecule has 100 valence electrons. The number of nitrogens with one attached hydrogen (secondary N) is 1. The van der Waals surface area contributed by atoms with E-state index in [2.05, 4.69) is 77.6 Å². The van der Waals surface area contributed by atoms with Crippen LogP contribution in [0.5, 0.6) is 0 Å². The van der Waals surface area contributed by atoms with E-state index in [1.54, 1.807) is 0 Å². The minimum absolute atomic E-state index is 0.527. The lowest BCUT2D eigenvalue weighted by Crippen LogP contribution is -2.27. The Morgan fingerprint density at radius 2 is 1.74 bits per heavy atom. The molecule has 0 saturated carbocycles. The van der Waals surface area contributed by atoms with Gasteiger partial charge in [-0.25, -0.2) is 0 Å². The van der Waals surface area contributed by atoms with E-state index in [1.165, 1.54) is 16.7 Å². The van der Waals surface area contributed by atoms with E-state index >= 15 is 0 Å². The van der Waals surface area contributed by atoms with Crippen molar-refractivity contribution < 1.29 is 0 Å². The average Bonchev–Trinajstić information content (AvgIpc) is 2.41. The fourth-order valence-electron chi connectivity index (χ4n) is 2.29. The Morgan fingerprint density at radius 3 is 2.37 bits per heavy atom. The Bertz CT molecular complexity index is 519. The molecule has 0 amide bonds. The molecular weight excluding hydrogens is 298 g/mol. The Labute approximate surface area is 124 Å². The van der Waals surface area contributed by atoms with Crippen LogP contribution in [-0.4, -0.2) is 12.6 Å². The molecule has 0 aliphatic heterocycles. The molecule has 0 spiro atoms. The molecule has 0 saturated heterocycles. The molecule has 2 aromatic carbocycles. The summed E-state index contributed by atoms with van der Waals surface area (Å²) < 4.78 is 1.14. The van der Waals surface area contributed by atoms with Crippen LogP contribution in [0.25, 0.3) is 11.1 Å². The van der Waals surface area contributed by atoms with Gasteiger partial charge in [0.1, 0.15) is 0 Å². The first-order valence-electron chi connectivity index (χ1n) is 6.78. The average molecular weight is 318 g/mol. The van der Waals surface area contributed by atoms with Gasteiger partial charge < -0.3 is 5.32 Å². The smallest absolute Gasteiger partial charge is 0.0253 e. The standard InChI is InChI=1S/C17H20BrN/c1-3-19-13(2)12-14-8-10-15(11-9-14)16-6-4-5-7-17(16)18/h4-11,13,19H,3,12H2,1-2H3. The van der Waals surface area contributed by atoms with E-state index in [9.17, 15) is 0 Å². The molecule has 1 unspecified atom stereocenters. The molecule has 1 atom stereocenters. The molecule has 2 heteroatoms. The minimum Gasteiger partial charge on any atom is -0.314 e. The molecular formula is C17H20BrN. The summed E-state index contributed by atoms with van der Waals surface area (Å²) in [5.74, 6) is 0. The maximum Gasteiger partial charge on any atom is 0.0253 e. The lowest BCUT2D eigenvalue weighted by Gasteiger charge is -2.12. The highest BCUT2D eigenvalue weighted by Crippen LogP contribution is 2.28. The van der Waals surface area contributed by atoms with Gasteiger partial charge in [-0.15, -0.1) is 0 Å². The van der Waals surface area contributed by atoms with Crippen LogP contribution in [0.1, 0.15) is 19.4 Å². The highest BCUT2D eigenvalue weighted by molar-refractivity contribution is 9.10. The largest absolute Gasteiger partial charge is 0.314 e. The van der Waals surface area contributed by atoms with Crippen LogP contribution >= 0.6 is 15.9 Å². The third kappa shape index (κ3) is 3.92. The minimum atomic E-state index is 0.527. The van der Waals surface area contributed by atoms with Crippen molar-refractivity contribution in [2.75, 3.05) is 6.54 Å². The summed E-state index contributed by atoms with van der Waals surface area (Å²) in [5.41, 5.74) is 3.88. The van der Waals surface area contributed by atoms with E-state index in [-0.39, 0.29) is 0 Å². The van der Waals surface area contributed by atoms with Crippen molar-refractivity contribution >= 4 is 15.9 Å². The van der Waals surface area contributed by atoms with Crippen molar-refractivity contribution in [3.05, 3.63) is 58.6 Å². The van der Waals surface area contributed by atoms with Crippen molar-refractivity contribution in [2.24, 2.45) is 0 Å². The van der Waals surface area contributed by atoms with E-state index in [0.29, 0.717) is 6.04 Å². The van der Waals surface area contributed by atoms with E-state index in [1.807, 2.05) is 6.07 Å². The molecule has 0 aromatic heterocycles. The summed E-state index contributed by atoms with van der Waals surface area (Å²) in [5, 5.41) is 3.44. The summed E-state index contributed by atoms with van der Waals surface area (Å²) in [4.78, 5) is 0. The highest BCUT2D eigenvalue weighted by atomic mass is 79.9. The summed E-state index contributed by atoms with van der Waals surface area (Å²) in [6, 6.07) is 17.7. The number of hydrogen-bond donors (Lipinski definition) is 1. The van der Waals surface area contributed by atoms with Crippen LogP contribution in [0.15, 0.2) is 53.0 Å². The summed E-state index contributed by atoms with van der Waals surface area (Å²) >= 11 is 3.60. The highest BCUT2D eigenvalue weighted by Gasteiger charge is 2.04. The molecule has 1 N–H and O–H groups in total. The van der Waals surface area contributed by atoms with Gasteiger partial charge in [-0.1, -0.05) is 65.3 Å². The van der Waals surface area contributed by atoms with Crippen molar-refractivity contribution in [3.8, 4) is 11.1 Å². The first kappa shape index (κ1) is 14.3. The first-order valence-corrected chi connectivity index (χ1v) is 7.57. The molecule has 19 heavy (non-hydrogen) atoms. The van der Waals surface area contributed by atoms with E-state index in [4.69, 9.17) is 0 Å². The van der Waals surface area contributed by atoms with Gasteiger partial charge in [0.25, 0.3) is 0 Å². The van der Waals surface area contributed by atoms with Crippen LogP contribution in [0.2, 0.25) is 0 Å². The Hall–Kier alpha value is -1.12. The second-order valence-electron chi connectivity index (χ2n) is 4.84. The van der Waals surface area contributed by atoms with Crippen molar-refractivity contribution in [3.63, 3.8) is 0 Å². The zero-order valence-electron chi connectivity index (χ0n) is 11.5. The van der Waals surface area contributed by atoms with Crippen molar-refractivity contribution in [1.82, 2.24) is 5.32 Å². The molecule has 0 aliphatic rings. The quantitative estimate of drug-likeness (QED) is 0.846. The van der Waals surface area contributed by atoms with Crippen LogP contribution in [0.3, 0.4) is 0 Å². The summed E-state index contributed by atoms with van der Waals surface area (Å²) in [6.45, 7) is 5.40. The number of halogens is 1. The summed E-state index contributed by atoms with van der Waals surface area (Å²) in [6.07, 6.45) is 1.07. The van der Waals surface area contributed by atoms with Crippen LogP contribution < -0.4 is 5.32 Å². The third-order valence-corrected chi connectivity index (χ3v) is 3.92. The predicted molar refractivity (Wildman–Crippen MR) is 86.4 cm³/mol. The molecule has 2 aromatic rings. The van der Waals surface area contributed by atoms with Crippen molar-refractivity contribution in [2.45, 2.75) is 26.3 Å². The zero-order chi connectivity index (χ0) is 13.7. The normalized spacial score (nSPS) is 12.4. The van der Waals surface area contributed by atoms with Gasteiger partial charge in [-0.3, -0.25) is 0 Å². The van der Waals surface area contributed by atoms with Crippen LogP contribution in [0.4, 0.5) is 0 Å². The van der Waals surface area contributed by atoms with E-state index in [0.717, 1.165) is 17.4 Å². The van der Waals surface area contributed by atoms with Gasteiger partial charge in [-0.05, 0) is 42.6 Å². The Morgan fingerprint density at radius 1 is 1.05 bits per heavy atom. The van der Waals surface area contributed by atoms with Gasteiger partial charge in [0.15, 0.2) is 0 Å². The number of benzene rings is 2. The fraction of sp³-hybridized carbons (Fsp3) is 0.294. The SMILES string of the molecule is CCNC(C)Cc1ccc(-c2ccccc2Br)cc1. The van der Waals surface area contributed by atoms with Crippen molar-refractivity contribution in [1.29, 1.82) is 0 Å². The molecule has 1 nitrogen and oxygen atoms in total. The lowest BCUT2D eigenvalue weighted by molar-refractivity contribution is 0.565. The van der Waals surface area contributed by atoms with Gasteiger partial charge in [-0.2, -0.15) is 0 Å². The Kier molecular flexibility index (Phi) is 5.17. The van der Waals surface area contributed by atoms with Gasteiger partial charge in [0.2, 0.25) is 0 Å².